The first-order valence-electron chi connectivity index (χ1n) is 7.60. The summed E-state index contributed by atoms with van der Waals surface area (Å²) in [7, 11) is 1.75. The molecule has 1 aromatic rings. The lowest BCUT2D eigenvalue weighted by Crippen LogP contribution is -2.36. The molecule has 2 rings (SSSR count). The van der Waals surface area contributed by atoms with Crippen molar-refractivity contribution < 1.29 is 9.18 Å². The predicted molar refractivity (Wildman–Crippen MR) is 82.8 cm³/mol. The van der Waals surface area contributed by atoms with Crippen molar-refractivity contribution in [3.05, 3.63) is 29.6 Å². The van der Waals surface area contributed by atoms with Gasteiger partial charge in [-0.15, -0.1) is 0 Å². The summed E-state index contributed by atoms with van der Waals surface area (Å²) < 4.78 is 14.1. The van der Waals surface area contributed by atoms with E-state index in [-0.39, 0.29) is 18.3 Å². The fourth-order valence-corrected chi connectivity index (χ4v) is 2.29. The van der Waals surface area contributed by atoms with Crippen LogP contribution in [-0.2, 0) is 11.3 Å². The zero-order valence-corrected chi connectivity index (χ0v) is 12.8. The van der Waals surface area contributed by atoms with Gasteiger partial charge in [-0.3, -0.25) is 4.79 Å². The van der Waals surface area contributed by atoms with Gasteiger partial charge in [0.2, 0.25) is 5.91 Å². The number of carbonyl (C=O) groups is 1. The monoisotopic (exact) mass is 293 g/mol. The third-order valence-corrected chi connectivity index (χ3v) is 3.56. The molecule has 0 atom stereocenters. The van der Waals surface area contributed by atoms with E-state index in [4.69, 9.17) is 0 Å². The van der Waals surface area contributed by atoms with Crippen molar-refractivity contribution in [1.82, 2.24) is 10.6 Å². The molecule has 0 spiro atoms. The fraction of sp³-hybridized carbons (Fsp3) is 0.562. The van der Waals surface area contributed by atoms with Gasteiger partial charge in [0.25, 0.3) is 0 Å². The molecule has 0 heterocycles. The van der Waals surface area contributed by atoms with Crippen LogP contribution in [0.25, 0.3) is 0 Å². The van der Waals surface area contributed by atoms with Gasteiger partial charge >= 0.3 is 0 Å². The van der Waals surface area contributed by atoms with Gasteiger partial charge in [0.15, 0.2) is 0 Å². The number of rotatable bonds is 8. The Balaban J connectivity index is 2.03. The summed E-state index contributed by atoms with van der Waals surface area (Å²) in [6, 6.07) is 5.64. The quantitative estimate of drug-likeness (QED) is 0.771. The maximum Gasteiger partial charge on any atom is 0.239 e. The average Bonchev–Trinajstić information content (AvgIpc) is 3.26. The van der Waals surface area contributed by atoms with Crippen molar-refractivity contribution in [2.45, 2.75) is 38.8 Å². The van der Waals surface area contributed by atoms with Crippen LogP contribution in [0.4, 0.5) is 10.1 Å². The Morgan fingerprint density at radius 1 is 1.43 bits per heavy atom. The second kappa shape index (κ2) is 7.41. The maximum atomic E-state index is 14.1. The van der Waals surface area contributed by atoms with E-state index in [1.807, 2.05) is 13.0 Å². The first-order chi connectivity index (χ1) is 10.1. The summed E-state index contributed by atoms with van der Waals surface area (Å²) in [5, 5.41) is 6.20. The first-order valence-corrected chi connectivity index (χ1v) is 7.60. The smallest absolute Gasteiger partial charge is 0.239 e. The van der Waals surface area contributed by atoms with Crippen LogP contribution in [0.5, 0.6) is 0 Å². The molecule has 0 saturated heterocycles. The second-order valence-corrected chi connectivity index (χ2v) is 5.61. The van der Waals surface area contributed by atoms with Crippen LogP contribution >= 0.6 is 0 Å². The molecule has 0 aromatic heterocycles. The number of para-hydroxylation sites is 1. The van der Waals surface area contributed by atoms with Crippen molar-refractivity contribution in [2.24, 2.45) is 0 Å². The van der Waals surface area contributed by atoms with Gasteiger partial charge in [0.1, 0.15) is 5.82 Å². The molecular formula is C16H24FN3O. The lowest BCUT2D eigenvalue weighted by molar-refractivity contribution is -0.119. The zero-order valence-electron chi connectivity index (χ0n) is 12.8. The summed E-state index contributed by atoms with van der Waals surface area (Å²) in [5.41, 5.74) is 1.41. The molecule has 0 bridgehead atoms. The number of hydrogen-bond acceptors (Lipinski definition) is 3. The summed E-state index contributed by atoms with van der Waals surface area (Å²) in [5.74, 6) is -0.361. The molecule has 2 N–H and O–H groups in total. The highest BCUT2D eigenvalue weighted by Gasteiger charge is 2.22. The number of halogens is 1. The van der Waals surface area contributed by atoms with Crippen LogP contribution in [0.1, 0.15) is 31.7 Å². The molecule has 1 aliphatic carbocycles. The largest absolute Gasteiger partial charge is 0.363 e. The van der Waals surface area contributed by atoms with Gasteiger partial charge in [-0.25, -0.2) is 4.39 Å². The molecule has 1 saturated carbocycles. The van der Waals surface area contributed by atoms with Crippen molar-refractivity contribution >= 4 is 11.6 Å². The zero-order chi connectivity index (χ0) is 15.2. The Labute approximate surface area is 125 Å². The minimum absolute atomic E-state index is 0.0799. The summed E-state index contributed by atoms with van der Waals surface area (Å²) in [4.78, 5) is 13.5. The van der Waals surface area contributed by atoms with Crippen LogP contribution in [0.15, 0.2) is 18.2 Å². The summed E-state index contributed by atoms with van der Waals surface area (Å²) in [6.07, 6.45) is 3.28. The molecule has 1 aromatic carbocycles. The van der Waals surface area contributed by atoms with Gasteiger partial charge in [-0.05, 0) is 30.9 Å². The Hall–Kier alpha value is -1.62. The fourth-order valence-electron chi connectivity index (χ4n) is 2.29. The molecule has 21 heavy (non-hydrogen) atoms. The number of nitrogens with zero attached hydrogens (tertiary/aromatic N) is 1. The number of nitrogens with one attached hydrogen (secondary N) is 2. The molecule has 1 amide bonds. The van der Waals surface area contributed by atoms with E-state index in [2.05, 4.69) is 10.6 Å². The maximum absolute atomic E-state index is 14.1. The third-order valence-electron chi connectivity index (χ3n) is 3.56. The molecule has 0 unspecified atom stereocenters. The van der Waals surface area contributed by atoms with Crippen molar-refractivity contribution in [1.29, 1.82) is 0 Å². The first kappa shape index (κ1) is 15.8. The van der Waals surface area contributed by atoms with Crippen LogP contribution in [0, 0.1) is 5.82 Å². The van der Waals surface area contributed by atoms with Gasteiger partial charge in [-0.2, -0.15) is 0 Å². The lowest BCUT2D eigenvalue weighted by Gasteiger charge is -2.23. The second-order valence-electron chi connectivity index (χ2n) is 5.61. The Morgan fingerprint density at radius 3 is 2.86 bits per heavy atom. The van der Waals surface area contributed by atoms with E-state index in [9.17, 15) is 9.18 Å². The van der Waals surface area contributed by atoms with Crippen LogP contribution < -0.4 is 15.5 Å². The third kappa shape index (κ3) is 4.70. The number of anilines is 1. The van der Waals surface area contributed by atoms with Crippen LogP contribution in [0.3, 0.4) is 0 Å². The molecule has 1 fully saturated rings. The molecule has 1 aliphatic rings. The Morgan fingerprint density at radius 2 is 2.19 bits per heavy atom. The van der Waals surface area contributed by atoms with Crippen molar-refractivity contribution in [3.8, 4) is 0 Å². The number of benzene rings is 1. The molecule has 4 nitrogen and oxygen atoms in total. The lowest BCUT2D eigenvalue weighted by atomic mass is 10.1. The van der Waals surface area contributed by atoms with Crippen molar-refractivity contribution in [2.75, 3.05) is 25.0 Å². The Kier molecular flexibility index (Phi) is 5.56. The molecule has 5 heteroatoms. The van der Waals surface area contributed by atoms with E-state index in [0.29, 0.717) is 24.8 Å². The molecule has 116 valence electrons. The normalized spacial score (nSPS) is 14.0. The van der Waals surface area contributed by atoms with Crippen LogP contribution in [0.2, 0.25) is 0 Å². The van der Waals surface area contributed by atoms with Crippen LogP contribution in [-0.4, -0.2) is 32.1 Å². The summed E-state index contributed by atoms with van der Waals surface area (Å²) in [6.45, 7) is 3.46. The van der Waals surface area contributed by atoms with E-state index in [1.54, 1.807) is 18.0 Å². The SMILES string of the molecule is CCCNC(=O)CN(C)c1c(F)cccc1CNC1CC1. The van der Waals surface area contributed by atoms with Gasteiger partial charge in [-0.1, -0.05) is 19.1 Å². The van der Waals surface area contributed by atoms with Gasteiger partial charge in [0.05, 0.1) is 12.2 Å². The number of carbonyl (C=O) groups excluding carboxylic acids is 1. The number of likely N-dealkylation sites (N-methyl/N-ethyl adjacent to an activating group) is 1. The molecule has 0 aliphatic heterocycles. The number of hydrogen-bond donors (Lipinski definition) is 2. The predicted octanol–water partition coefficient (Wildman–Crippen LogP) is 2.04. The van der Waals surface area contributed by atoms with Crippen molar-refractivity contribution in [3.63, 3.8) is 0 Å². The van der Waals surface area contributed by atoms with E-state index in [1.165, 1.54) is 18.9 Å². The van der Waals surface area contributed by atoms with E-state index in [0.717, 1.165) is 12.0 Å². The van der Waals surface area contributed by atoms with E-state index >= 15 is 0 Å². The number of amides is 1. The highest BCUT2D eigenvalue weighted by molar-refractivity contribution is 5.81. The minimum atomic E-state index is -0.282. The van der Waals surface area contributed by atoms with Gasteiger partial charge < -0.3 is 15.5 Å². The minimum Gasteiger partial charge on any atom is -0.363 e. The average molecular weight is 293 g/mol. The highest BCUT2D eigenvalue weighted by Crippen LogP contribution is 2.25. The molecule has 0 radical (unpaired) electrons. The summed E-state index contributed by atoms with van der Waals surface area (Å²) >= 11 is 0. The van der Waals surface area contributed by atoms with E-state index < -0.39 is 0 Å². The Bertz CT molecular complexity index is 488. The standard InChI is InChI=1S/C16H24FN3O/c1-3-9-18-15(21)11-20(2)16-12(5-4-6-14(16)17)10-19-13-7-8-13/h4-6,13,19H,3,7-11H2,1-2H3,(H,18,21). The topological polar surface area (TPSA) is 44.4 Å². The van der Waals surface area contributed by atoms with Gasteiger partial charge in [0, 0.05) is 26.2 Å². The molecular weight excluding hydrogens is 269 g/mol. The highest BCUT2D eigenvalue weighted by atomic mass is 19.1.